The van der Waals surface area contributed by atoms with E-state index in [1.165, 1.54) is 5.69 Å². The molecule has 2 aromatic carbocycles. The monoisotopic (exact) mass is 371 g/mol. The second-order valence-corrected chi connectivity index (χ2v) is 7.06. The summed E-state index contributed by atoms with van der Waals surface area (Å²) in [6, 6.07) is 16.0. The molecule has 1 amide bonds. The molecule has 1 aliphatic rings. The third-order valence-electron chi connectivity index (χ3n) is 4.56. The number of nitrogens with zero attached hydrogens (tertiary/aromatic N) is 2. The maximum Gasteiger partial charge on any atom is 0.238 e. The van der Waals surface area contributed by atoms with Crippen LogP contribution in [0, 0.1) is 0 Å². The third-order valence-corrected chi connectivity index (χ3v) is 5.35. The summed E-state index contributed by atoms with van der Waals surface area (Å²) in [6.45, 7) is 4.02. The molecular formula is C20H25N3O2S. The van der Waals surface area contributed by atoms with Crippen molar-refractivity contribution in [1.82, 2.24) is 4.90 Å². The van der Waals surface area contributed by atoms with Crippen LogP contribution in [0.5, 0.6) is 5.75 Å². The Bertz CT molecular complexity index is 728. The molecular weight excluding hydrogens is 346 g/mol. The summed E-state index contributed by atoms with van der Waals surface area (Å²) < 4.78 is 5.21. The van der Waals surface area contributed by atoms with Crippen molar-refractivity contribution in [3.05, 3.63) is 48.5 Å². The van der Waals surface area contributed by atoms with Gasteiger partial charge in [0.2, 0.25) is 5.91 Å². The standard InChI is InChI=1S/C20H25N3O2S/c1-25-17-9-7-16(8-10-17)23-13-11-22(12-14-23)15-20(24)21-18-5-3-4-6-19(18)26-2/h3-10H,11-15H2,1-2H3,(H,21,24). The number of nitrogens with one attached hydrogen (secondary N) is 1. The predicted molar refractivity (Wildman–Crippen MR) is 108 cm³/mol. The fourth-order valence-electron chi connectivity index (χ4n) is 3.10. The number of methoxy groups -OCH3 is 1. The minimum Gasteiger partial charge on any atom is -0.497 e. The van der Waals surface area contributed by atoms with E-state index in [2.05, 4.69) is 27.2 Å². The molecule has 0 radical (unpaired) electrons. The van der Waals surface area contributed by atoms with Crippen LogP contribution in [0.25, 0.3) is 0 Å². The van der Waals surface area contributed by atoms with Crippen molar-refractivity contribution >= 4 is 29.0 Å². The molecule has 138 valence electrons. The molecule has 0 aromatic heterocycles. The number of amides is 1. The molecule has 0 spiro atoms. The highest BCUT2D eigenvalue weighted by Gasteiger charge is 2.19. The second kappa shape index (κ2) is 8.96. The summed E-state index contributed by atoms with van der Waals surface area (Å²) in [6.07, 6.45) is 2.02. The number of hydrogen-bond acceptors (Lipinski definition) is 5. The fourth-order valence-corrected chi connectivity index (χ4v) is 3.65. The van der Waals surface area contributed by atoms with Crippen LogP contribution in [0.4, 0.5) is 11.4 Å². The number of para-hydroxylation sites is 1. The van der Waals surface area contributed by atoms with Crippen molar-refractivity contribution in [2.75, 3.05) is 56.3 Å². The lowest BCUT2D eigenvalue weighted by Gasteiger charge is -2.35. The fraction of sp³-hybridized carbons (Fsp3) is 0.350. The van der Waals surface area contributed by atoms with Gasteiger partial charge in [-0.05, 0) is 42.7 Å². The van der Waals surface area contributed by atoms with Gasteiger partial charge >= 0.3 is 0 Å². The molecule has 1 fully saturated rings. The largest absolute Gasteiger partial charge is 0.497 e. The number of rotatable bonds is 6. The number of thioether (sulfide) groups is 1. The van der Waals surface area contributed by atoms with Gasteiger partial charge in [0.15, 0.2) is 0 Å². The van der Waals surface area contributed by atoms with Gasteiger partial charge in [0.25, 0.3) is 0 Å². The molecule has 2 aromatic rings. The topological polar surface area (TPSA) is 44.8 Å². The molecule has 0 unspecified atom stereocenters. The maximum absolute atomic E-state index is 12.4. The van der Waals surface area contributed by atoms with Crippen molar-refractivity contribution in [2.24, 2.45) is 0 Å². The zero-order valence-corrected chi connectivity index (χ0v) is 16.1. The molecule has 1 aliphatic heterocycles. The number of ether oxygens (including phenoxy) is 1. The van der Waals surface area contributed by atoms with E-state index in [4.69, 9.17) is 4.74 Å². The lowest BCUT2D eigenvalue weighted by molar-refractivity contribution is -0.117. The molecule has 0 bridgehead atoms. The Balaban J connectivity index is 1.49. The molecule has 26 heavy (non-hydrogen) atoms. The Kier molecular flexibility index (Phi) is 6.41. The van der Waals surface area contributed by atoms with Gasteiger partial charge in [-0.1, -0.05) is 12.1 Å². The summed E-state index contributed by atoms with van der Waals surface area (Å²) in [7, 11) is 1.68. The van der Waals surface area contributed by atoms with Gasteiger partial charge in [0.1, 0.15) is 5.75 Å². The lowest BCUT2D eigenvalue weighted by atomic mass is 10.2. The highest BCUT2D eigenvalue weighted by molar-refractivity contribution is 7.98. The molecule has 1 heterocycles. The summed E-state index contributed by atoms with van der Waals surface area (Å²) in [5.41, 5.74) is 2.09. The molecule has 0 saturated carbocycles. The van der Waals surface area contributed by atoms with Gasteiger partial charge in [0.05, 0.1) is 19.3 Å². The Morgan fingerprint density at radius 1 is 1.08 bits per heavy atom. The number of carbonyl (C=O) groups is 1. The smallest absolute Gasteiger partial charge is 0.238 e. The van der Waals surface area contributed by atoms with Crippen molar-refractivity contribution in [3.8, 4) is 5.75 Å². The van der Waals surface area contributed by atoms with Crippen LogP contribution in [-0.4, -0.2) is 56.9 Å². The molecule has 0 aliphatic carbocycles. The van der Waals surface area contributed by atoms with Gasteiger partial charge in [-0.2, -0.15) is 0 Å². The van der Waals surface area contributed by atoms with E-state index in [1.54, 1.807) is 18.9 Å². The number of piperazine rings is 1. The quantitative estimate of drug-likeness (QED) is 0.790. The van der Waals surface area contributed by atoms with Crippen LogP contribution in [-0.2, 0) is 4.79 Å². The highest BCUT2D eigenvalue weighted by atomic mass is 32.2. The van der Waals surface area contributed by atoms with Crippen molar-refractivity contribution in [2.45, 2.75) is 4.90 Å². The minimum atomic E-state index is 0.0457. The summed E-state index contributed by atoms with van der Waals surface area (Å²) >= 11 is 1.64. The number of carbonyl (C=O) groups excluding carboxylic acids is 1. The van der Waals surface area contributed by atoms with E-state index in [0.717, 1.165) is 42.5 Å². The molecule has 0 atom stereocenters. The number of hydrogen-bond donors (Lipinski definition) is 1. The first kappa shape index (κ1) is 18.6. The maximum atomic E-state index is 12.4. The third kappa shape index (κ3) is 4.71. The van der Waals surface area contributed by atoms with Gasteiger partial charge in [-0.3, -0.25) is 9.69 Å². The van der Waals surface area contributed by atoms with Crippen molar-refractivity contribution in [1.29, 1.82) is 0 Å². The van der Waals surface area contributed by atoms with Crippen LogP contribution in [0.1, 0.15) is 0 Å². The van der Waals surface area contributed by atoms with Crippen molar-refractivity contribution in [3.63, 3.8) is 0 Å². The average molecular weight is 372 g/mol. The van der Waals surface area contributed by atoms with Crippen LogP contribution in [0.2, 0.25) is 0 Å². The van der Waals surface area contributed by atoms with Gasteiger partial charge in [-0.15, -0.1) is 11.8 Å². The summed E-state index contributed by atoms with van der Waals surface area (Å²) in [5.74, 6) is 0.916. The molecule has 1 N–H and O–H groups in total. The number of anilines is 2. The molecule has 1 saturated heterocycles. The van der Waals surface area contributed by atoms with Crippen LogP contribution >= 0.6 is 11.8 Å². The number of benzene rings is 2. The van der Waals surface area contributed by atoms with Crippen LogP contribution < -0.4 is 15.0 Å². The zero-order chi connectivity index (χ0) is 18.4. The lowest BCUT2D eigenvalue weighted by Crippen LogP contribution is -2.48. The van der Waals surface area contributed by atoms with E-state index in [-0.39, 0.29) is 5.91 Å². The second-order valence-electron chi connectivity index (χ2n) is 6.21. The minimum absolute atomic E-state index is 0.0457. The SMILES string of the molecule is COc1ccc(N2CCN(CC(=O)Nc3ccccc3SC)CC2)cc1. The Morgan fingerprint density at radius 2 is 1.77 bits per heavy atom. The van der Waals surface area contributed by atoms with Crippen LogP contribution in [0.3, 0.4) is 0 Å². The van der Waals surface area contributed by atoms with Crippen molar-refractivity contribution < 1.29 is 9.53 Å². The molecule has 5 nitrogen and oxygen atoms in total. The van der Waals surface area contributed by atoms with Gasteiger partial charge in [0, 0.05) is 36.8 Å². The van der Waals surface area contributed by atoms with E-state index in [1.807, 2.05) is 42.7 Å². The average Bonchev–Trinajstić information content (AvgIpc) is 2.69. The summed E-state index contributed by atoms with van der Waals surface area (Å²) in [5, 5.41) is 3.04. The van der Waals surface area contributed by atoms with Gasteiger partial charge < -0.3 is 15.0 Å². The van der Waals surface area contributed by atoms with E-state index >= 15 is 0 Å². The van der Waals surface area contributed by atoms with E-state index in [0.29, 0.717) is 6.54 Å². The first-order valence-corrected chi connectivity index (χ1v) is 9.96. The Hall–Kier alpha value is -2.18. The summed E-state index contributed by atoms with van der Waals surface area (Å²) in [4.78, 5) is 18.0. The van der Waals surface area contributed by atoms with E-state index in [9.17, 15) is 4.79 Å². The molecule has 6 heteroatoms. The predicted octanol–water partition coefficient (Wildman–Crippen LogP) is 3.18. The Morgan fingerprint density at radius 3 is 2.42 bits per heavy atom. The Labute approximate surface area is 159 Å². The van der Waals surface area contributed by atoms with Gasteiger partial charge in [-0.25, -0.2) is 0 Å². The zero-order valence-electron chi connectivity index (χ0n) is 15.3. The first-order valence-electron chi connectivity index (χ1n) is 8.74. The normalized spacial score (nSPS) is 14.9. The van der Waals surface area contributed by atoms with E-state index < -0.39 is 0 Å². The molecule has 3 rings (SSSR count). The first-order chi connectivity index (χ1) is 12.7. The highest BCUT2D eigenvalue weighted by Crippen LogP contribution is 2.24. The van der Waals surface area contributed by atoms with Crippen LogP contribution in [0.15, 0.2) is 53.4 Å².